The minimum Gasteiger partial charge on any atom is -0.493 e. The molecule has 0 saturated heterocycles. The first-order chi connectivity index (χ1) is 40.3. The van der Waals surface area contributed by atoms with Gasteiger partial charge in [-0.3, -0.25) is 28.8 Å². The molecule has 4 aromatic carbocycles. The quantitative estimate of drug-likeness (QED) is 0.0136. The third-order valence-corrected chi connectivity index (χ3v) is 15.2. The number of ether oxygens (including phenoxy) is 10. The zero-order valence-electron chi connectivity index (χ0n) is 48.8. The molecular formula is C63H76N4O16Y. The van der Waals surface area contributed by atoms with Crippen LogP contribution in [0, 0.1) is 6.92 Å². The van der Waals surface area contributed by atoms with Gasteiger partial charge in [-0.2, -0.15) is 6.42 Å². The van der Waals surface area contributed by atoms with Gasteiger partial charge in [-0.25, -0.2) is 4.58 Å². The molecule has 1 radical (unpaired) electrons. The number of nitrogens with zero attached hydrogens (tertiary/aromatic N) is 4. The Bertz CT molecular complexity index is 3210. The Balaban J connectivity index is 0.00000920. The second-order valence-electron chi connectivity index (χ2n) is 21.0. The SMILES string of the molecule is [CH2-]CCCCCOc1cc(OCCOc2ccccc2N(CC(=O)OCC)CC(=O)OCOC(C)=O)c(N(CC(=O)OCC)CC(=O)OCOC(C)=O)cc1C1=c2cc3c4c(c2Oc2c1cc1c5c2CCCN5CCC1)CCC[N+]=4CCC3.[Y]. The summed E-state index contributed by atoms with van der Waals surface area (Å²) in [4.78, 5) is 82.2. The number of unbranched alkanes of at least 4 members (excludes halogenated alkanes) is 3. The Kier molecular flexibility index (Phi) is 22.7. The van der Waals surface area contributed by atoms with Crippen LogP contribution >= 0.6 is 0 Å². The summed E-state index contributed by atoms with van der Waals surface area (Å²) in [7, 11) is 0. The number of aryl methyl sites for hydroxylation is 2. The molecule has 4 aromatic rings. The van der Waals surface area contributed by atoms with Crippen LogP contribution in [0.4, 0.5) is 17.1 Å². The zero-order chi connectivity index (χ0) is 58.4. The number of rotatable bonds is 28. The third kappa shape index (κ3) is 15.3. The molecule has 21 heteroatoms. The molecule has 0 amide bonds. The monoisotopic (exact) mass is 1230 g/mol. The Hall–Kier alpha value is -6.93. The molecule has 0 saturated carbocycles. The number of fused-ring (bicyclic) bond motifs is 4. The summed E-state index contributed by atoms with van der Waals surface area (Å²) in [5.41, 5.74) is 9.42. The number of carbonyl (C=O) groups is 6. The largest absolute Gasteiger partial charge is 0.493 e. The normalized spacial score (nSPS) is 14.1. The number of hydrogen-bond acceptors (Lipinski definition) is 19. The van der Waals surface area contributed by atoms with Gasteiger partial charge < -0.3 is 69.0 Å². The predicted molar refractivity (Wildman–Crippen MR) is 307 cm³/mol. The van der Waals surface area contributed by atoms with E-state index in [1.165, 1.54) is 56.9 Å². The van der Waals surface area contributed by atoms with Gasteiger partial charge in [0.1, 0.15) is 81.2 Å². The molecule has 447 valence electrons. The molecule has 20 nitrogen and oxygen atoms in total. The van der Waals surface area contributed by atoms with Crippen LogP contribution in [0.3, 0.4) is 0 Å². The van der Waals surface area contributed by atoms with Crippen molar-refractivity contribution in [3.05, 3.63) is 99.4 Å². The van der Waals surface area contributed by atoms with Gasteiger partial charge >= 0.3 is 35.8 Å². The van der Waals surface area contributed by atoms with Crippen LogP contribution in [0.15, 0.2) is 48.5 Å². The molecule has 0 fully saturated rings. The number of hydrogen-bond donors (Lipinski definition) is 0. The van der Waals surface area contributed by atoms with Gasteiger partial charge in [-0.15, -0.1) is 0 Å². The van der Waals surface area contributed by atoms with Crippen LogP contribution in [0.1, 0.15) is 112 Å². The van der Waals surface area contributed by atoms with Crippen molar-refractivity contribution in [1.29, 1.82) is 0 Å². The molecule has 5 aliphatic rings. The van der Waals surface area contributed by atoms with E-state index in [1.807, 2.05) is 6.07 Å². The smallest absolute Gasteiger partial charge is 0.328 e. The van der Waals surface area contributed by atoms with Crippen molar-refractivity contribution in [3.63, 3.8) is 0 Å². The molecule has 0 N–H and O–H groups in total. The summed E-state index contributed by atoms with van der Waals surface area (Å²) in [6.45, 7) is 11.2. The molecule has 0 spiro atoms. The van der Waals surface area contributed by atoms with E-state index < -0.39 is 69.0 Å². The number of para-hydroxylation sites is 2. The zero-order valence-corrected chi connectivity index (χ0v) is 51.7. The molecule has 5 aliphatic heterocycles. The van der Waals surface area contributed by atoms with Gasteiger partial charge in [0.25, 0.3) is 0 Å². The van der Waals surface area contributed by atoms with Gasteiger partial charge in [0.15, 0.2) is 0 Å². The standard InChI is InChI=1S/C63H76N4O16.Y/c1-6-9-10-13-28-76-53-34-54(78-30-29-77-52-23-12-11-22-50(52)66(35-55(70)74-7-2)37-57(72)81-39-79-41(4)68)51(67(36-56(71)75-8-3)38-58(73)82-40-80-42(5)69)33-47(53)59-48-31-43-18-14-24-64-26-16-20-45(60(43)64)62(48)83-63-46-21-17-27-65-25-15-19-44(61(46)65)32-49(59)63;/h11-12,22-23,31-34H,1,6-10,13-21,24-30,35-40H2,2-5H3;. The summed E-state index contributed by atoms with van der Waals surface area (Å²) >= 11 is 0. The molecule has 0 aliphatic carbocycles. The van der Waals surface area contributed by atoms with Crippen LogP contribution in [0.2, 0.25) is 0 Å². The fraction of sp³-hybridized carbons (Fsp3) is 0.492. The third-order valence-electron chi connectivity index (χ3n) is 15.2. The van der Waals surface area contributed by atoms with Crippen molar-refractivity contribution < 1.29 is 109 Å². The maximum atomic E-state index is 13.9. The number of carbonyl (C=O) groups excluding carboxylic acids is 6. The number of anilines is 3. The Morgan fingerprint density at radius 1 is 0.583 bits per heavy atom. The van der Waals surface area contributed by atoms with E-state index in [2.05, 4.69) is 28.5 Å². The van der Waals surface area contributed by atoms with Crippen LogP contribution < -0.4 is 48.8 Å². The fourth-order valence-electron chi connectivity index (χ4n) is 11.7. The second-order valence-corrected chi connectivity index (χ2v) is 21.0. The van der Waals surface area contributed by atoms with Crippen molar-refractivity contribution >= 4 is 58.5 Å². The van der Waals surface area contributed by atoms with Crippen LogP contribution in [-0.2, 0) is 116 Å². The maximum Gasteiger partial charge on any atom is 0.328 e. The van der Waals surface area contributed by atoms with Crippen LogP contribution in [0.5, 0.6) is 28.7 Å². The Morgan fingerprint density at radius 3 is 1.82 bits per heavy atom. The predicted octanol–water partition coefficient (Wildman–Crippen LogP) is 6.22. The fourth-order valence-corrected chi connectivity index (χ4v) is 11.7. The molecule has 0 atom stereocenters. The second kappa shape index (κ2) is 30.2. The van der Waals surface area contributed by atoms with Crippen molar-refractivity contribution in [2.75, 3.05) is 114 Å². The topological polar surface area (TPSA) is 207 Å². The minimum atomic E-state index is -0.795. The van der Waals surface area contributed by atoms with E-state index in [9.17, 15) is 28.8 Å². The van der Waals surface area contributed by atoms with Crippen molar-refractivity contribution in [3.8, 4) is 28.7 Å². The molecule has 9 rings (SSSR count). The molecule has 5 heterocycles. The van der Waals surface area contributed by atoms with E-state index in [0.29, 0.717) is 29.3 Å². The summed E-state index contributed by atoms with van der Waals surface area (Å²) in [5.74, 6) is -1.39. The molecular weight excluding hydrogens is 1160 g/mol. The summed E-state index contributed by atoms with van der Waals surface area (Å²) in [5, 5.41) is 2.21. The summed E-state index contributed by atoms with van der Waals surface area (Å²) in [6.07, 6.45) is 10.9. The first kappa shape index (κ1) is 63.1. The van der Waals surface area contributed by atoms with Crippen molar-refractivity contribution in [2.45, 2.75) is 105 Å². The number of esters is 6. The van der Waals surface area contributed by atoms with E-state index in [0.717, 1.165) is 131 Å². The molecule has 0 bridgehead atoms. The molecule has 0 unspecified atom stereocenters. The minimum absolute atomic E-state index is 0. The van der Waals surface area contributed by atoms with Crippen molar-refractivity contribution in [1.82, 2.24) is 4.58 Å². The first-order valence-corrected chi connectivity index (χ1v) is 29.1. The summed E-state index contributed by atoms with van der Waals surface area (Å²) in [6, 6.07) is 15.1. The molecule has 0 aromatic heterocycles. The van der Waals surface area contributed by atoms with E-state index >= 15 is 0 Å². The van der Waals surface area contributed by atoms with Gasteiger partial charge in [-0.1, -0.05) is 25.0 Å². The van der Waals surface area contributed by atoms with E-state index in [1.54, 1.807) is 44.2 Å². The number of benzene rings is 4. The van der Waals surface area contributed by atoms with E-state index in [-0.39, 0.29) is 77.2 Å². The van der Waals surface area contributed by atoms with Gasteiger partial charge in [0.05, 0.1) is 36.8 Å². The average molecular weight is 1230 g/mol. The van der Waals surface area contributed by atoms with Gasteiger partial charge in [-0.05, 0) is 94.7 Å². The van der Waals surface area contributed by atoms with Crippen LogP contribution in [-0.4, -0.2) is 135 Å². The van der Waals surface area contributed by atoms with E-state index in [4.69, 9.17) is 47.4 Å². The van der Waals surface area contributed by atoms with Gasteiger partial charge in [0, 0.05) is 117 Å². The van der Waals surface area contributed by atoms with Crippen molar-refractivity contribution in [2.24, 2.45) is 0 Å². The first-order valence-electron chi connectivity index (χ1n) is 29.1. The van der Waals surface area contributed by atoms with Gasteiger partial charge in [0.2, 0.25) is 18.9 Å². The Morgan fingerprint density at radius 2 is 1.17 bits per heavy atom. The summed E-state index contributed by atoms with van der Waals surface area (Å²) < 4.78 is 61.1. The average Bonchev–Trinajstić information content (AvgIpc) is 1.12. The maximum absolute atomic E-state index is 13.9. The van der Waals surface area contributed by atoms with Crippen LogP contribution in [0.25, 0.3) is 5.57 Å². The molecule has 84 heavy (non-hydrogen) atoms. The Labute approximate surface area is 515 Å².